The van der Waals surface area contributed by atoms with Crippen LogP contribution < -0.4 is 10.6 Å². The molecule has 2 heterocycles. The largest absolute Gasteiger partial charge is 0.363 e. The Morgan fingerprint density at radius 1 is 1.17 bits per heavy atom. The molecule has 0 spiro atoms. The third-order valence-corrected chi connectivity index (χ3v) is 2.15. The molecule has 92 valence electrons. The summed E-state index contributed by atoms with van der Waals surface area (Å²) >= 11 is 0. The van der Waals surface area contributed by atoms with Gasteiger partial charge >= 0.3 is 0 Å². The second-order valence-corrected chi connectivity index (χ2v) is 3.66. The van der Waals surface area contributed by atoms with Gasteiger partial charge in [-0.25, -0.2) is 0 Å². The predicted octanol–water partition coefficient (Wildman–Crippen LogP) is 1.44. The molecule has 0 bridgehead atoms. The number of nitrogens with zero attached hydrogens (tertiary/aromatic N) is 3. The number of hydrogen-bond donors (Lipinski definition) is 2. The Morgan fingerprint density at radius 2 is 1.94 bits per heavy atom. The monoisotopic (exact) mass is 243 g/mol. The molecule has 1 amide bonds. The SMILES string of the molecule is CC(=O)Nc1ccc(NCc2ccccn2)nn1. The van der Waals surface area contributed by atoms with Gasteiger partial charge in [0.05, 0.1) is 12.2 Å². The van der Waals surface area contributed by atoms with Gasteiger partial charge in [-0.3, -0.25) is 9.78 Å². The number of hydrogen-bond acceptors (Lipinski definition) is 5. The fourth-order valence-corrected chi connectivity index (χ4v) is 1.36. The highest BCUT2D eigenvalue weighted by Crippen LogP contribution is 2.07. The first-order chi connectivity index (χ1) is 8.74. The molecule has 18 heavy (non-hydrogen) atoms. The molecular weight excluding hydrogens is 230 g/mol. The van der Waals surface area contributed by atoms with E-state index in [4.69, 9.17) is 0 Å². The lowest BCUT2D eigenvalue weighted by Crippen LogP contribution is -2.09. The number of carbonyl (C=O) groups excluding carboxylic acids is 1. The zero-order valence-electron chi connectivity index (χ0n) is 9.92. The molecule has 2 rings (SSSR count). The van der Waals surface area contributed by atoms with Crippen LogP contribution in [0.5, 0.6) is 0 Å². The first-order valence-corrected chi connectivity index (χ1v) is 5.49. The lowest BCUT2D eigenvalue weighted by molar-refractivity contribution is -0.114. The molecule has 2 aromatic rings. The smallest absolute Gasteiger partial charge is 0.222 e. The second kappa shape index (κ2) is 5.72. The van der Waals surface area contributed by atoms with E-state index in [1.54, 1.807) is 18.3 Å². The average Bonchev–Trinajstić information content (AvgIpc) is 2.38. The van der Waals surface area contributed by atoms with E-state index < -0.39 is 0 Å². The molecule has 0 unspecified atom stereocenters. The van der Waals surface area contributed by atoms with Crippen molar-refractivity contribution in [3.63, 3.8) is 0 Å². The molecule has 0 saturated heterocycles. The maximum atomic E-state index is 10.8. The maximum Gasteiger partial charge on any atom is 0.222 e. The molecule has 0 aliphatic rings. The van der Waals surface area contributed by atoms with Crippen LogP contribution in [0.25, 0.3) is 0 Å². The number of pyridine rings is 1. The summed E-state index contributed by atoms with van der Waals surface area (Å²) in [5.41, 5.74) is 0.922. The van der Waals surface area contributed by atoms with E-state index in [2.05, 4.69) is 25.8 Å². The van der Waals surface area contributed by atoms with Crippen molar-refractivity contribution in [3.8, 4) is 0 Å². The lowest BCUT2D eigenvalue weighted by Gasteiger charge is -2.05. The van der Waals surface area contributed by atoms with E-state index >= 15 is 0 Å². The molecule has 0 saturated carbocycles. The summed E-state index contributed by atoms with van der Waals surface area (Å²) in [6.45, 7) is 2.00. The quantitative estimate of drug-likeness (QED) is 0.849. The molecule has 6 heteroatoms. The van der Waals surface area contributed by atoms with Gasteiger partial charge in [0.1, 0.15) is 5.82 Å². The van der Waals surface area contributed by atoms with E-state index in [9.17, 15) is 4.79 Å². The van der Waals surface area contributed by atoms with Gasteiger partial charge in [0.2, 0.25) is 5.91 Å². The van der Waals surface area contributed by atoms with Crippen LogP contribution in [0.2, 0.25) is 0 Å². The predicted molar refractivity (Wildman–Crippen MR) is 67.9 cm³/mol. The molecular formula is C12H13N5O. The highest BCUT2D eigenvalue weighted by molar-refractivity contribution is 5.87. The topological polar surface area (TPSA) is 79.8 Å². The molecule has 2 N–H and O–H groups in total. The zero-order chi connectivity index (χ0) is 12.8. The summed E-state index contributed by atoms with van der Waals surface area (Å²) in [6, 6.07) is 9.16. The van der Waals surface area contributed by atoms with Crippen molar-refractivity contribution in [1.29, 1.82) is 0 Å². The van der Waals surface area contributed by atoms with E-state index in [1.165, 1.54) is 6.92 Å². The highest BCUT2D eigenvalue weighted by atomic mass is 16.1. The Hall–Kier alpha value is -2.50. The normalized spacial score (nSPS) is 9.83. The van der Waals surface area contributed by atoms with Gasteiger partial charge in [-0.05, 0) is 24.3 Å². The minimum atomic E-state index is -0.168. The number of rotatable bonds is 4. The van der Waals surface area contributed by atoms with Crippen molar-refractivity contribution in [2.45, 2.75) is 13.5 Å². The van der Waals surface area contributed by atoms with E-state index in [0.717, 1.165) is 5.69 Å². The molecule has 2 aromatic heterocycles. The summed E-state index contributed by atoms with van der Waals surface area (Å²) in [5.74, 6) is 0.902. The van der Waals surface area contributed by atoms with Gasteiger partial charge < -0.3 is 10.6 Å². The fraction of sp³-hybridized carbons (Fsp3) is 0.167. The van der Waals surface area contributed by atoms with Gasteiger partial charge in [-0.2, -0.15) is 0 Å². The number of nitrogens with one attached hydrogen (secondary N) is 2. The van der Waals surface area contributed by atoms with Crippen LogP contribution in [-0.2, 0) is 11.3 Å². The van der Waals surface area contributed by atoms with Gasteiger partial charge in [0.15, 0.2) is 5.82 Å². The van der Waals surface area contributed by atoms with Crippen LogP contribution in [0.1, 0.15) is 12.6 Å². The van der Waals surface area contributed by atoms with Crippen LogP contribution in [0.4, 0.5) is 11.6 Å². The number of amides is 1. The Labute approximate surface area is 104 Å². The maximum absolute atomic E-state index is 10.8. The number of anilines is 2. The second-order valence-electron chi connectivity index (χ2n) is 3.66. The number of carbonyl (C=O) groups is 1. The van der Waals surface area contributed by atoms with Gasteiger partial charge in [-0.1, -0.05) is 6.07 Å². The first kappa shape index (κ1) is 12.0. The minimum Gasteiger partial charge on any atom is -0.363 e. The standard InChI is InChI=1S/C12H13N5O/c1-9(18)15-12-6-5-11(16-17-12)14-8-10-4-2-3-7-13-10/h2-7H,8H2,1H3,(H,14,16)(H,15,17,18). The van der Waals surface area contributed by atoms with E-state index in [-0.39, 0.29) is 5.91 Å². The van der Waals surface area contributed by atoms with Crippen molar-refractivity contribution in [2.24, 2.45) is 0 Å². The Morgan fingerprint density at radius 3 is 2.56 bits per heavy atom. The van der Waals surface area contributed by atoms with Crippen molar-refractivity contribution in [2.75, 3.05) is 10.6 Å². The van der Waals surface area contributed by atoms with Crippen molar-refractivity contribution >= 4 is 17.5 Å². The summed E-state index contributed by atoms with van der Waals surface area (Å²) < 4.78 is 0. The molecule has 0 atom stereocenters. The van der Waals surface area contributed by atoms with Crippen LogP contribution in [0.15, 0.2) is 36.5 Å². The first-order valence-electron chi connectivity index (χ1n) is 5.49. The fourth-order valence-electron chi connectivity index (χ4n) is 1.36. The minimum absolute atomic E-state index is 0.168. The van der Waals surface area contributed by atoms with Crippen molar-refractivity contribution in [3.05, 3.63) is 42.2 Å². The van der Waals surface area contributed by atoms with Crippen LogP contribution >= 0.6 is 0 Å². The highest BCUT2D eigenvalue weighted by Gasteiger charge is 1.99. The van der Waals surface area contributed by atoms with Crippen LogP contribution in [-0.4, -0.2) is 21.1 Å². The third-order valence-electron chi connectivity index (χ3n) is 2.15. The van der Waals surface area contributed by atoms with Crippen molar-refractivity contribution < 1.29 is 4.79 Å². The summed E-state index contributed by atoms with van der Waals surface area (Å²) in [4.78, 5) is 15.0. The Bertz CT molecular complexity index is 512. The average molecular weight is 243 g/mol. The summed E-state index contributed by atoms with van der Waals surface area (Å²) in [6.07, 6.45) is 1.74. The van der Waals surface area contributed by atoms with Gasteiger partial charge in [0, 0.05) is 13.1 Å². The molecule has 0 aliphatic carbocycles. The Kier molecular flexibility index (Phi) is 3.80. The molecule has 0 radical (unpaired) electrons. The van der Waals surface area contributed by atoms with Gasteiger partial charge in [0.25, 0.3) is 0 Å². The molecule has 6 nitrogen and oxygen atoms in total. The molecule has 0 fully saturated rings. The van der Waals surface area contributed by atoms with Gasteiger partial charge in [-0.15, -0.1) is 10.2 Å². The van der Waals surface area contributed by atoms with E-state index in [0.29, 0.717) is 18.2 Å². The summed E-state index contributed by atoms with van der Waals surface area (Å²) in [7, 11) is 0. The summed E-state index contributed by atoms with van der Waals surface area (Å²) in [5, 5.41) is 13.5. The van der Waals surface area contributed by atoms with Crippen LogP contribution in [0, 0.1) is 0 Å². The van der Waals surface area contributed by atoms with Crippen molar-refractivity contribution in [1.82, 2.24) is 15.2 Å². The molecule has 0 aromatic carbocycles. The number of aromatic nitrogens is 3. The third kappa shape index (κ3) is 3.51. The zero-order valence-corrected chi connectivity index (χ0v) is 9.92. The lowest BCUT2D eigenvalue weighted by atomic mass is 10.3. The van der Waals surface area contributed by atoms with Crippen LogP contribution in [0.3, 0.4) is 0 Å². The Balaban J connectivity index is 1.92. The van der Waals surface area contributed by atoms with E-state index in [1.807, 2.05) is 18.2 Å². The molecule has 0 aliphatic heterocycles.